The number of H-pyrrole nitrogens is 1. The molecule has 1 amide bonds. The Hall–Kier alpha value is -5.55. The first-order valence-corrected chi connectivity index (χ1v) is 16.1. The Bertz CT molecular complexity index is 1910. The van der Waals surface area contributed by atoms with E-state index < -0.39 is 5.54 Å². The molecule has 2 aliphatic rings. The van der Waals surface area contributed by atoms with Gasteiger partial charge in [0.2, 0.25) is 0 Å². The third kappa shape index (κ3) is 4.85. The lowest BCUT2D eigenvalue weighted by atomic mass is 9.74. The molecule has 1 spiro atoms. The fourth-order valence-corrected chi connectivity index (χ4v) is 7.21. The molecule has 1 aromatic heterocycles. The Morgan fingerprint density at radius 2 is 1.39 bits per heavy atom. The molecule has 46 heavy (non-hydrogen) atoms. The highest BCUT2D eigenvalue weighted by Gasteiger charge is 2.55. The standard InChI is InChI=1S/C41H35N3O2/c45-40-34-18-7-8-19-35(34)41(44(40)25-10-9-14-31-17-11-24-42-31)36-22-20-30(26-29-12-3-1-4-13-29)27-38(36)46-39-28-33(21-23-37(39)41)43-32-15-5-2-6-16-32/h1-8,11-13,15-24,27-28,42-43H,9-10,14,25-26H2. The number of aryl methyl sites for hydroxylation is 1. The van der Waals surface area contributed by atoms with Crippen molar-refractivity contribution in [2.24, 2.45) is 0 Å². The zero-order chi connectivity index (χ0) is 30.9. The van der Waals surface area contributed by atoms with E-state index in [-0.39, 0.29) is 5.91 Å². The molecule has 0 fully saturated rings. The minimum absolute atomic E-state index is 0.0640. The molecule has 8 rings (SSSR count). The molecule has 5 heteroatoms. The van der Waals surface area contributed by atoms with Crippen LogP contribution in [0.2, 0.25) is 0 Å². The summed E-state index contributed by atoms with van der Waals surface area (Å²) in [6.45, 7) is 0.628. The van der Waals surface area contributed by atoms with Crippen molar-refractivity contribution in [3.05, 3.63) is 179 Å². The molecule has 6 aromatic rings. The second-order valence-electron chi connectivity index (χ2n) is 12.2. The van der Waals surface area contributed by atoms with E-state index in [1.165, 1.54) is 11.3 Å². The van der Waals surface area contributed by atoms with Crippen LogP contribution in [0.25, 0.3) is 0 Å². The lowest BCUT2D eigenvalue weighted by Crippen LogP contribution is -2.47. The smallest absolute Gasteiger partial charge is 0.255 e. The van der Waals surface area contributed by atoms with Gasteiger partial charge in [-0.15, -0.1) is 0 Å². The number of hydrogen-bond acceptors (Lipinski definition) is 3. The van der Waals surface area contributed by atoms with Gasteiger partial charge in [0.1, 0.15) is 17.0 Å². The summed E-state index contributed by atoms with van der Waals surface area (Å²) in [6.07, 6.45) is 5.57. The predicted molar refractivity (Wildman–Crippen MR) is 183 cm³/mol. The van der Waals surface area contributed by atoms with Crippen LogP contribution in [0.3, 0.4) is 0 Å². The van der Waals surface area contributed by atoms with E-state index in [0.717, 1.165) is 76.4 Å². The highest BCUT2D eigenvalue weighted by molar-refractivity contribution is 6.02. The summed E-state index contributed by atoms with van der Waals surface area (Å²) in [4.78, 5) is 19.8. The number of rotatable bonds is 9. The number of benzene rings is 5. The molecule has 0 radical (unpaired) electrons. The van der Waals surface area contributed by atoms with E-state index in [0.29, 0.717) is 6.54 Å². The lowest BCUT2D eigenvalue weighted by molar-refractivity contribution is 0.0661. The Labute approximate surface area is 269 Å². The number of anilines is 2. The van der Waals surface area contributed by atoms with Gasteiger partial charge in [0.15, 0.2) is 0 Å². The summed E-state index contributed by atoms with van der Waals surface area (Å²) in [5, 5.41) is 3.53. The van der Waals surface area contributed by atoms with Crippen LogP contribution in [0.1, 0.15) is 56.7 Å². The summed E-state index contributed by atoms with van der Waals surface area (Å²) in [7, 11) is 0. The van der Waals surface area contributed by atoms with Crippen molar-refractivity contribution in [3.8, 4) is 11.5 Å². The van der Waals surface area contributed by atoms with Gasteiger partial charge >= 0.3 is 0 Å². The molecule has 0 bridgehead atoms. The number of nitrogens with one attached hydrogen (secondary N) is 2. The second-order valence-corrected chi connectivity index (χ2v) is 12.2. The van der Waals surface area contributed by atoms with Gasteiger partial charge in [-0.2, -0.15) is 0 Å². The molecule has 0 saturated carbocycles. The van der Waals surface area contributed by atoms with E-state index in [2.05, 4.69) is 88.0 Å². The van der Waals surface area contributed by atoms with E-state index in [1.54, 1.807) is 0 Å². The Morgan fingerprint density at radius 3 is 2.20 bits per heavy atom. The van der Waals surface area contributed by atoms with Crippen LogP contribution in [0, 0.1) is 0 Å². The van der Waals surface area contributed by atoms with Gasteiger partial charge in [-0.25, -0.2) is 0 Å². The molecule has 3 heterocycles. The quantitative estimate of drug-likeness (QED) is 0.162. The van der Waals surface area contributed by atoms with Crippen LogP contribution in [-0.2, 0) is 18.4 Å². The number of fused-ring (bicyclic) bond motifs is 6. The SMILES string of the molecule is O=C1c2ccccc2C2(c3ccc(Cc4ccccc4)cc3Oc3cc(Nc4ccccc4)ccc32)N1CCCCc1ccc[nH]1. The largest absolute Gasteiger partial charge is 0.456 e. The first-order valence-electron chi connectivity index (χ1n) is 16.1. The van der Waals surface area contributed by atoms with Gasteiger partial charge in [-0.05, 0) is 84.8 Å². The third-order valence-corrected chi connectivity index (χ3v) is 9.28. The van der Waals surface area contributed by atoms with Gasteiger partial charge in [0, 0.05) is 52.6 Å². The van der Waals surface area contributed by atoms with Gasteiger partial charge < -0.3 is 19.9 Å². The van der Waals surface area contributed by atoms with Crippen molar-refractivity contribution in [1.82, 2.24) is 9.88 Å². The molecule has 1 unspecified atom stereocenters. The van der Waals surface area contributed by atoms with Crippen molar-refractivity contribution >= 4 is 17.3 Å². The maximum atomic E-state index is 14.4. The number of ether oxygens (including phenoxy) is 1. The summed E-state index contributed by atoms with van der Waals surface area (Å²) in [6, 6.07) is 45.8. The molecule has 226 valence electrons. The van der Waals surface area contributed by atoms with Gasteiger partial charge in [-0.3, -0.25) is 4.79 Å². The van der Waals surface area contributed by atoms with Crippen LogP contribution < -0.4 is 10.1 Å². The Morgan fingerprint density at radius 1 is 0.652 bits per heavy atom. The van der Waals surface area contributed by atoms with E-state index >= 15 is 0 Å². The number of hydrogen-bond donors (Lipinski definition) is 2. The van der Waals surface area contributed by atoms with Crippen molar-refractivity contribution in [3.63, 3.8) is 0 Å². The van der Waals surface area contributed by atoms with E-state index in [9.17, 15) is 4.79 Å². The van der Waals surface area contributed by atoms with E-state index in [1.807, 2.05) is 66.9 Å². The maximum absolute atomic E-state index is 14.4. The second kappa shape index (κ2) is 11.8. The minimum Gasteiger partial charge on any atom is -0.456 e. The maximum Gasteiger partial charge on any atom is 0.255 e. The number of amides is 1. The number of carbonyl (C=O) groups is 1. The fourth-order valence-electron chi connectivity index (χ4n) is 7.21. The van der Waals surface area contributed by atoms with Gasteiger partial charge in [0.25, 0.3) is 5.91 Å². The molecular weight excluding hydrogens is 566 g/mol. The van der Waals surface area contributed by atoms with Gasteiger partial charge in [-0.1, -0.05) is 84.9 Å². The summed E-state index contributed by atoms with van der Waals surface area (Å²) >= 11 is 0. The molecule has 1 atom stereocenters. The van der Waals surface area contributed by atoms with Crippen LogP contribution in [0.4, 0.5) is 11.4 Å². The molecular formula is C41H35N3O2. The highest BCUT2D eigenvalue weighted by atomic mass is 16.5. The summed E-state index contributed by atoms with van der Waals surface area (Å²) < 4.78 is 6.81. The summed E-state index contributed by atoms with van der Waals surface area (Å²) in [5.41, 5.74) is 8.50. The molecule has 0 saturated heterocycles. The monoisotopic (exact) mass is 601 g/mol. The molecule has 2 N–H and O–H groups in total. The number of nitrogens with zero attached hydrogens (tertiary/aromatic N) is 1. The first-order chi connectivity index (χ1) is 22.7. The van der Waals surface area contributed by atoms with Crippen LogP contribution in [0.5, 0.6) is 11.5 Å². The Kier molecular flexibility index (Phi) is 7.14. The average molecular weight is 602 g/mol. The van der Waals surface area contributed by atoms with Crippen molar-refractivity contribution in [1.29, 1.82) is 0 Å². The summed E-state index contributed by atoms with van der Waals surface area (Å²) in [5.74, 6) is 1.61. The fraction of sp³-hybridized carbons (Fsp3) is 0.146. The third-order valence-electron chi connectivity index (χ3n) is 9.28. The van der Waals surface area contributed by atoms with Crippen LogP contribution >= 0.6 is 0 Å². The number of aromatic amines is 1. The zero-order valence-corrected chi connectivity index (χ0v) is 25.6. The first kappa shape index (κ1) is 28.0. The number of carbonyl (C=O) groups excluding carboxylic acids is 1. The predicted octanol–water partition coefficient (Wildman–Crippen LogP) is 9.23. The van der Waals surface area contributed by atoms with Gasteiger partial charge in [0.05, 0.1) is 0 Å². The van der Waals surface area contributed by atoms with Crippen molar-refractivity contribution < 1.29 is 9.53 Å². The van der Waals surface area contributed by atoms with E-state index in [4.69, 9.17) is 4.74 Å². The minimum atomic E-state index is -0.806. The molecule has 2 aliphatic heterocycles. The number of aromatic nitrogens is 1. The highest BCUT2D eigenvalue weighted by Crippen LogP contribution is 2.58. The average Bonchev–Trinajstić information content (AvgIpc) is 3.69. The molecule has 5 nitrogen and oxygen atoms in total. The van der Waals surface area contributed by atoms with Crippen molar-refractivity contribution in [2.75, 3.05) is 11.9 Å². The van der Waals surface area contributed by atoms with Crippen LogP contribution in [0.15, 0.2) is 140 Å². The normalized spacial score (nSPS) is 16.1. The Balaban J connectivity index is 1.25. The van der Waals surface area contributed by atoms with Crippen molar-refractivity contribution in [2.45, 2.75) is 31.2 Å². The lowest BCUT2D eigenvalue weighted by Gasteiger charge is -2.44. The number of para-hydroxylation sites is 1. The zero-order valence-electron chi connectivity index (χ0n) is 25.6. The number of unbranched alkanes of at least 4 members (excludes halogenated alkanes) is 1. The molecule has 5 aromatic carbocycles. The topological polar surface area (TPSA) is 57.4 Å². The molecule has 0 aliphatic carbocycles. The van der Waals surface area contributed by atoms with Crippen LogP contribution in [-0.4, -0.2) is 22.3 Å².